The van der Waals surface area contributed by atoms with Crippen LogP contribution in [0.25, 0.3) is 0 Å². The second-order valence-corrected chi connectivity index (χ2v) is 5.80. The summed E-state index contributed by atoms with van der Waals surface area (Å²) < 4.78 is 0. The molecule has 1 amide bonds. The zero-order valence-corrected chi connectivity index (χ0v) is 12.8. The minimum absolute atomic E-state index is 0.0267. The first kappa shape index (κ1) is 15.2. The minimum atomic E-state index is -1.08. The molecule has 6 heteroatoms. The van der Waals surface area contributed by atoms with Gasteiger partial charge in [0.25, 0.3) is 0 Å². The number of nitrogens with one attached hydrogen (secondary N) is 1. The molecule has 1 atom stereocenters. The second kappa shape index (κ2) is 6.05. The topological polar surface area (TPSA) is 79.3 Å². The number of carboxylic acids is 1. The van der Waals surface area contributed by atoms with Crippen LogP contribution in [0.4, 0.5) is 5.69 Å². The van der Waals surface area contributed by atoms with Gasteiger partial charge in [-0.3, -0.25) is 4.79 Å². The van der Waals surface area contributed by atoms with E-state index in [0.717, 1.165) is 16.8 Å². The first-order chi connectivity index (χ1) is 9.88. The van der Waals surface area contributed by atoms with Gasteiger partial charge in [-0.25, -0.2) is 9.78 Å². The summed E-state index contributed by atoms with van der Waals surface area (Å²) >= 11 is 1.18. The van der Waals surface area contributed by atoms with E-state index in [0.29, 0.717) is 5.01 Å². The third-order valence-electron chi connectivity index (χ3n) is 3.14. The maximum Gasteiger partial charge on any atom is 0.355 e. The zero-order valence-electron chi connectivity index (χ0n) is 12.0. The maximum absolute atomic E-state index is 12.2. The van der Waals surface area contributed by atoms with E-state index < -0.39 is 11.9 Å². The van der Waals surface area contributed by atoms with E-state index in [4.69, 9.17) is 5.11 Å². The van der Waals surface area contributed by atoms with Crippen LogP contribution in [0.5, 0.6) is 0 Å². The number of thiazole rings is 1. The van der Waals surface area contributed by atoms with E-state index in [1.54, 1.807) is 6.92 Å². The van der Waals surface area contributed by atoms with E-state index in [1.807, 2.05) is 32.0 Å². The standard InChI is InChI=1S/C15H16N2O3S/c1-8-4-5-11(9(2)6-8)16-13(18)10(3)14-17-12(7-21-14)15(19)20/h4-7,10H,1-3H3,(H,16,18)(H,19,20)/t10-/m1/s1. The van der Waals surface area contributed by atoms with Crippen molar-refractivity contribution in [1.82, 2.24) is 4.98 Å². The normalized spacial score (nSPS) is 12.0. The smallest absolute Gasteiger partial charge is 0.355 e. The van der Waals surface area contributed by atoms with Crippen LogP contribution >= 0.6 is 11.3 Å². The molecule has 1 aromatic heterocycles. The van der Waals surface area contributed by atoms with Gasteiger partial charge in [-0.05, 0) is 32.4 Å². The van der Waals surface area contributed by atoms with Gasteiger partial charge in [0, 0.05) is 11.1 Å². The van der Waals surface area contributed by atoms with Crippen molar-refractivity contribution in [2.75, 3.05) is 5.32 Å². The Morgan fingerprint density at radius 1 is 1.33 bits per heavy atom. The molecule has 0 radical (unpaired) electrons. The molecule has 0 aliphatic heterocycles. The fraction of sp³-hybridized carbons (Fsp3) is 0.267. The van der Waals surface area contributed by atoms with Crippen molar-refractivity contribution >= 4 is 28.9 Å². The number of rotatable bonds is 4. The van der Waals surface area contributed by atoms with Gasteiger partial charge in [0.1, 0.15) is 5.01 Å². The Hall–Kier alpha value is -2.21. The lowest BCUT2D eigenvalue weighted by Crippen LogP contribution is -2.19. The van der Waals surface area contributed by atoms with E-state index in [9.17, 15) is 9.59 Å². The highest BCUT2D eigenvalue weighted by Gasteiger charge is 2.21. The molecule has 2 rings (SSSR count). The lowest BCUT2D eigenvalue weighted by Gasteiger charge is -2.12. The van der Waals surface area contributed by atoms with Crippen LogP contribution in [-0.4, -0.2) is 22.0 Å². The monoisotopic (exact) mass is 304 g/mol. The summed E-state index contributed by atoms with van der Waals surface area (Å²) in [5, 5.41) is 13.7. The highest BCUT2D eigenvalue weighted by molar-refractivity contribution is 7.10. The second-order valence-electron chi connectivity index (χ2n) is 4.91. The van der Waals surface area contributed by atoms with Crippen LogP contribution < -0.4 is 5.32 Å². The molecule has 0 aliphatic rings. The number of carboxylic acid groups (broad SMARTS) is 1. The maximum atomic E-state index is 12.2. The highest BCUT2D eigenvalue weighted by Crippen LogP contribution is 2.23. The van der Waals surface area contributed by atoms with Crippen LogP contribution in [0, 0.1) is 13.8 Å². The number of hydrogen-bond donors (Lipinski definition) is 2. The summed E-state index contributed by atoms with van der Waals surface area (Å²) in [5.41, 5.74) is 2.85. The molecule has 0 spiro atoms. The Labute approximate surface area is 126 Å². The Kier molecular flexibility index (Phi) is 4.37. The fourth-order valence-electron chi connectivity index (χ4n) is 1.89. The number of aromatic carboxylic acids is 1. The zero-order chi connectivity index (χ0) is 15.6. The summed E-state index contributed by atoms with van der Waals surface area (Å²) in [6.45, 7) is 5.63. The van der Waals surface area contributed by atoms with Gasteiger partial charge in [-0.2, -0.15) is 0 Å². The first-order valence-corrected chi connectivity index (χ1v) is 7.33. The summed E-state index contributed by atoms with van der Waals surface area (Å²) in [4.78, 5) is 27.0. The van der Waals surface area contributed by atoms with Crippen molar-refractivity contribution in [3.05, 3.63) is 45.4 Å². The Morgan fingerprint density at radius 3 is 2.62 bits per heavy atom. The Bertz CT molecular complexity index is 694. The van der Waals surface area contributed by atoms with Crippen LogP contribution in [0.1, 0.15) is 39.5 Å². The molecule has 0 bridgehead atoms. The number of hydrogen-bond acceptors (Lipinski definition) is 4. The van der Waals surface area contributed by atoms with Crippen LogP contribution in [0.2, 0.25) is 0 Å². The molecule has 0 saturated carbocycles. The number of carbonyl (C=O) groups excluding carboxylic acids is 1. The molecule has 2 N–H and O–H groups in total. The molecule has 0 fully saturated rings. The van der Waals surface area contributed by atoms with Crippen molar-refractivity contribution in [2.24, 2.45) is 0 Å². The fourth-order valence-corrected chi connectivity index (χ4v) is 2.74. The summed E-state index contributed by atoms with van der Waals surface area (Å²) in [7, 11) is 0. The highest BCUT2D eigenvalue weighted by atomic mass is 32.1. The predicted molar refractivity (Wildman–Crippen MR) is 82.0 cm³/mol. The third kappa shape index (κ3) is 3.46. The molecule has 2 aromatic rings. The van der Waals surface area contributed by atoms with Crippen LogP contribution in [0.3, 0.4) is 0 Å². The summed E-state index contributed by atoms with van der Waals surface area (Å²) in [6, 6.07) is 5.78. The molecule has 0 unspecified atom stereocenters. The molecule has 5 nitrogen and oxygen atoms in total. The van der Waals surface area contributed by atoms with Gasteiger partial charge in [-0.15, -0.1) is 11.3 Å². The van der Waals surface area contributed by atoms with E-state index in [-0.39, 0.29) is 11.6 Å². The van der Waals surface area contributed by atoms with E-state index >= 15 is 0 Å². The lowest BCUT2D eigenvalue weighted by atomic mass is 10.1. The average Bonchev–Trinajstić information content (AvgIpc) is 2.90. The molecule has 1 aromatic carbocycles. The number of amides is 1. The van der Waals surface area contributed by atoms with E-state index in [2.05, 4.69) is 10.3 Å². The number of aromatic nitrogens is 1. The number of carbonyl (C=O) groups is 2. The van der Waals surface area contributed by atoms with Crippen molar-refractivity contribution in [1.29, 1.82) is 0 Å². The van der Waals surface area contributed by atoms with Crippen molar-refractivity contribution in [3.63, 3.8) is 0 Å². The van der Waals surface area contributed by atoms with Gasteiger partial charge in [0.05, 0.1) is 5.92 Å². The lowest BCUT2D eigenvalue weighted by molar-refractivity contribution is -0.117. The molecule has 21 heavy (non-hydrogen) atoms. The molecule has 110 valence electrons. The molecular formula is C15H16N2O3S. The quantitative estimate of drug-likeness (QED) is 0.909. The largest absolute Gasteiger partial charge is 0.476 e. The Balaban J connectivity index is 2.13. The molecule has 0 aliphatic carbocycles. The summed E-state index contributed by atoms with van der Waals surface area (Å²) in [6.07, 6.45) is 0. The van der Waals surface area contributed by atoms with Crippen molar-refractivity contribution in [3.8, 4) is 0 Å². The van der Waals surface area contributed by atoms with Gasteiger partial charge in [-0.1, -0.05) is 17.7 Å². The minimum Gasteiger partial charge on any atom is -0.476 e. The molecule has 0 saturated heterocycles. The average molecular weight is 304 g/mol. The molecule has 1 heterocycles. The third-order valence-corrected chi connectivity index (χ3v) is 4.17. The van der Waals surface area contributed by atoms with Crippen molar-refractivity contribution < 1.29 is 14.7 Å². The summed E-state index contributed by atoms with van der Waals surface area (Å²) in [5.74, 6) is -1.78. The number of benzene rings is 1. The number of aryl methyl sites for hydroxylation is 2. The Morgan fingerprint density at radius 2 is 2.05 bits per heavy atom. The molecular weight excluding hydrogens is 288 g/mol. The van der Waals surface area contributed by atoms with Gasteiger partial charge in [0.15, 0.2) is 5.69 Å². The van der Waals surface area contributed by atoms with Crippen molar-refractivity contribution in [2.45, 2.75) is 26.7 Å². The number of anilines is 1. The van der Waals surface area contributed by atoms with Crippen LogP contribution in [0.15, 0.2) is 23.6 Å². The van der Waals surface area contributed by atoms with Gasteiger partial charge < -0.3 is 10.4 Å². The van der Waals surface area contributed by atoms with Crippen LogP contribution in [-0.2, 0) is 4.79 Å². The SMILES string of the molecule is Cc1ccc(NC(=O)[C@@H](C)c2nc(C(=O)O)cs2)c(C)c1. The number of nitrogens with zero attached hydrogens (tertiary/aromatic N) is 1. The van der Waals surface area contributed by atoms with E-state index in [1.165, 1.54) is 16.7 Å². The first-order valence-electron chi connectivity index (χ1n) is 6.45. The van der Waals surface area contributed by atoms with Gasteiger partial charge >= 0.3 is 5.97 Å². The van der Waals surface area contributed by atoms with Gasteiger partial charge in [0.2, 0.25) is 5.91 Å². The predicted octanol–water partition coefficient (Wildman–Crippen LogP) is 3.20.